The Balaban J connectivity index is 1.30. The van der Waals surface area contributed by atoms with Crippen molar-refractivity contribution in [1.29, 1.82) is 0 Å². The number of aryl methyl sites for hydroxylation is 1. The van der Waals surface area contributed by atoms with E-state index >= 15 is 0 Å². The summed E-state index contributed by atoms with van der Waals surface area (Å²) in [5.74, 6) is 0.215. The van der Waals surface area contributed by atoms with Gasteiger partial charge in [0.05, 0.1) is 24.2 Å². The molecule has 1 aromatic carbocycles. The maximum Gasteiger partial charge on any atom is 0.421 e. The molecule has 1 aliphatic rings. The molecule has 13 nitrogen and oxygen atoms in total. The van der Waals surface area contributed by atoms with Crippen LogP contribution in [0.5, 0.6) is 11.6 Å². The van der Waals surface area contributed by atoms with Crippen molar-refractivity contribution in [2.24, 2.45) is 0 Å². The first-order valence-electron chi connectivity index (χ1n) is 14.6. The Kier molecular flexibility index (Phi) is 10.3. The van der Waals surface area contributed by atoms with E-state index in [1.165, 1.54) is 19.2 Å². The minimum atomic E-state index is -4.77. The highest BCUT2D eigenvalue weighted by Gasteiger charge is 2.35. The Bertz CT molecular complexity index is 1700. The number of nitrogens with zero attached hydrogens (tertiary/aromatic N) is 7. The van der Waals surface area contributed by atoms with Crippen LogP contribution in [0, 0.1) is 6.92 Å². The molecule has 1 saturated heterocycles. The molecule has 0 aliphatic carbocycles. The molecular formula is C31H33F3N10O3. The first kappa shape index (κ1) is 32.9. The van der Waals surface area contributed by atoms with Crippen LogP contribution in [0.2, 0.25) is 0 Å². The summed E-state index contributed by atoms with van der Waals surface area (Å²) >= 11 is 0. The second-order valence-corrected chi connectivity index (χ2v) is 10.4. The third-order valence-corrected chi connectivity index (χ3v) is 7.20. The van der Waals surface area contributed by atoms with Crippen LogP contribution < -0.4 is 30.3 Å². The zero-order valence-electron chi connectivity index (χ0n) is 25.7. The van der Waals surface area contributed by atoms with E-state index in [0.717, 1.165) is 32.3 Å². The SMILES string of the molecule is C=CC(=O)Nc1cc(OCCN2CCN(c3ncccn3)CC2)ccc1Nc1nc(Nc2cc(OC)ncc2C)ncc1C(F)(F)F. The standard InChI is InChI=1S/C31H33F3N10O3/c1-4-26(45)39-25-16-21(47-15-14-43-10-12-44(13-11-43)30-35-8-5-9-36-30)6-7-23(25)40-28-22(31(32,33)34)19-38-29(42-28)41-24-17-27(46-3)37-18-20(24)2/h4-9,16-19H,1,10-15H2,2-3H3,(H,39,45)(H2,37,38,40,41,42). The van der Waals surface area contributed by atoms with Crippen LogP contribution in [-0.4, -0.2) is 82.2 Å². The van der Waals surface area contributed by atoms with Crippen LogP contribution in [0.4, 0.5) is 47.9 Å². The smallest absolute Gasteiger partial charge is 0.421 e. The lowest BCUT2D eigenvalue weighted by Gasteiger charge is -2.34. The molecular weight excluding hydrogens is 617 g/mol. The van der Waals surface area contributed by atoms with Gasteiger partial charge in [-0.05, 0) is 36.8 Å². The average molecular weight is 651 g/mol. The van der Waals surface area contributed by atoms with Gasteiger partial charge in [-0.3, -0.25) is 9.69 Å². The summed E-state index contributed by atoms with van der Waals surface area (Å²) in [5.41, 5.74) is 0.392. The van der Waals surface area contributed by atoms with Gasteiger partial charge in [-0.2, -0.15) is 18.2 Å². The fourth-order valence-electron chi connectivity index (χ4n) is 4.67. The van der Waals surface area contributed by atoms with Crippen molar-refractivity contribution in [2.45, 2.75) is 13.1 Å². The molecule has 3 aromatic heterocycles. The molecule has 0 radical (unpaired) electrons. The summed E-state index contributed by atoms with van der Waals surface area (Å²) in [7, 11) is 1.45. The van der Waals surface area contributed by atoms with Gasteiger partial charge in [0.15, 0.2) is 0 Å². The zero-order chi connectivity index (χ0) is 33.4. The molecule has 4 heterocycles. The predicted molar refractivity (Wildman–Crippen MR) is 171 cm³/mol. The minimum Gasteiger partial charge on any atom is -0.492 e. The van der Waals surface area contributed by atoms with Crippen molar-refractivity contribution in [3.05, 3.63) is 78.9 Å². The van der Waals surface area contributed by atoms with E-state index in [1.54, 1.807) is 43.7 Å². The number of hydrogen-bond acceptors (Lipinski definition) is 12. The number of aromatic nitrogens is 5. The number of amides is 1. The Morgan fingerprint density at radius 3 is 2.47 bits per heavy atom. The molecule has 4 aromatic rings. The lowest BCUT2D eigenvalue weighted by atomic mass is 10.2. The third-order valence-electron chi connectivity index (χ3n) is 7.20. The molecule has 47 heavy (non-hydrogen) atoms. The maximum atomic E-state index is 14.0. The van der Waals surface area contributed by atoms with Gasteiger partial charge < -0.3 is 30.3 Å². The van der Waals surface area contributed by atoms with Gasteiger partial charge in [0.25, 0.3) is 0 Å². The normalized spacial score (nSPS) is 13.5. The number of piperazine rings is 1. The number of anilines is 6. The van der Waals surface area contributed by atoms with E-state index in [4.69, 9.17) is 9.47 Å². The minimum absolute atomic E-state index is 0.106. The largest absolute Gasteiger partial charge is 0.492 e. The van der Waals surface area contributed by atoms with Crippen LogP contribution in [0.15, 0.2) is 67.8 Å². The van der Waals surface area contributed by atoms with Gasteiger partial charge in [-0.25, -0.2) is 19.9 Å². The van der Waals surface area contributed by atoms with Crippen LogP contribution >= 0.6 is 0 Å². The van der Waals surface area contributed by atoms with E-state index < -0.39 is 23.5 Å². The number of halogens is 3. The van der Waals surface area contributed by atoms with Crippen molar-refractivity contribution in [3.8, 4) is 11.6 Å². The highest BCUT2D eigenvalue weighted by Crippen LogP contribution is 2.37. The van der Waals surface area contributed by atoms with Crippen LogP contribution in [0.25, 0.3) is 0 Å². The predicted octanol–water partition coefficient (Wildman–Crippen LogP) is 4.81. The van der Waals surface area contributed by atoms with E-state index in [2.05, 4.69) is 57.2 Å². The molecule has 3 N–H and O–H groups in total. The number of methoxy groups -OCH3 is 1. The van der Waals surface area contributed by atoms with Gasteiger partial charge in [-0.1, -0.05) is 6.58 Å². The molecule has 0 spiro atoms. The summed E-state index contributed by atoms with van der Waals surface area (Å²) in [6, 6.07) is 7.97. The molecule has 246 valence electrons. The average Bonchev–Trinajstić information content (AvgIpc) is 3.07. The van der Waals surface area contributed by atoms with E-state index in [-0.39, 0.29) is 17.3 Å². The number of ether oxygens (including phenoxy) is 2. The van der Waals surface area contributed by atoms with E-state index in [0.29, 0.717) is 48.2 Å². The summed E-state index contributed by atoms with van der Waals surface area (Å²) in [4.78, 5) is 37.3. The second kappa shape index (κ2) is 14.7. The second-order valence-electron chi connectivity index (χ2n) is 10.4. The number of pyridine rings is 1. The van der Waals surface area contributed by atoms with Gasteiger partial charge in [-0.15, -0.1) is 0 Å². The molecule has 0 bridgehead atoms. The van der Waals surface area contributed by atoms with E-state index in [1.807, 2.05) is 0 Å². The highest BCUT2D eigenvalue weighted by molar-refractivity contribution is 6.01. The van der Waals surface area contributed by atoms with Crippen molar-refractivity contribution in [3.63, 3.8) is 0 Å². The Morgan fingerprint density at radius 1 is 1.00 bits per heavy atom. The number of carbonyl (C=O) groups is 1. The topological polar surface area (TPSA) is 143 Å². The molecule has 0 unspecified atom stereocenters. The van der Waals surface area contributed by atoms with Gasteiger partial charge >= 0.3 is 6.18 Å². The monoisotopic (exact) mass is 650 g/mol. The number of hydrogen-bond donors (Lipinski definition) is 3. The van der Waals surface area contributed by atoms with Gasteiger partial charge in [0, 0.05) is 69.6 Å². The number of rotatable bonds is 12. The van der Waals surface area contributed by atoms with Crippen molar-refractivity contribution < 1.29 is 27.4 Å². The van der Waals surface area contributed by atoms with Crippen molar-refractivity contribution >= 4 is 40.7 Å². The molecule has 16 heteroatoms. The third kappa shape index (κ3) is 8.61. The molecule has 0 saturated carbocycles. The maximum absolute atomic E-state index is 14.0. The van der Waals surface area contributed by atoms with Crippen LogP contribution in [0.3, 0.4) is 0 Å². The summed E-state index contributed by atoms with van der Waals surface area (Å²) in [6.45, 7) is 9.38. The first-order chi connectivity index (χ1) is 22.6. The Morgan fingerprint density at radius 2 is 1.77 bits per heavy atom. The molecule has 1 fully saturated rings. The molecule has 5 rings (SSSR count). The summed E-state index contributed by atoms with van der Waals surface area (Å²) < 4.78 is 53.2. The highest BCUT2D eigenvalue weighted by atomic mass is 19.4. The fourth-order valence-corrected chi connectivity index (χ4v) is 4.67. The van der Waals surface area contributed by atoms with E-state index in [9.17, 15) is 18.0 Å². The van der Waals surface area contributed by atoms with Gasteiger partial charge in [0.1, 0.15) is 23.7 Å². The first-order valence-corrected chi connectivity index (χ1v) is 14.6. The quantitative estimate of drug-likeness (QED) is 0.181. The fraction of sp³-hybridized carbons (Fsp3) is 0.290. The molecule has 1 amide bonds. The molecule has 1 aliphatic heterocycles. The van der Waals surface area contributed by atoms with Crippen LogP contribution in [0.1, 0.15) is 11.1 Å². The lowest BCUT2D eigenvalue weighted by molar-refractivity contribution is -0.137. The molecule has 0 atom stereocenters. The van der Waals surface area contributed by atoms with Crippen molar-refractivity contribution in [1.82, 2.24) is 29.8 Å². The van der Waals surface area contributed by atoms with Gasteiger partial charge in [0.2, 0.25) is 23.7 Å². The van der Waals surface area contributed by atoms with Crippen LogP contribution in [-0.2, 0) is 11.0 Å². The van der Waals surface area contributed by atoms with Crippen molar-refractivity contribution in [2.75, 3.05) is 67.3 Å². The number of nitrogens with one attached hydrogen (secondary N) is 3. The zero-order valence-corrected chi connectivity index (χ0v) is 25.7. The number of alkyl halides is 3. The summed E-state index contributed by atoms with van der Waals surface area (Å²) in [5, 5.41) is 8.26. The number of benzene rings is 1. The lowest BCUT2D eigenvalue weighted by Crippen LogP contribution is -2.48. The number of carbonyl (C=O) groups excluding carboxylic acids is 1. The summed E-state index contributed by atoms with van der Waals surface area (Å²) in [6.07, 6.45) is 1.94. The Hall–Kier alpha value is -5.51. The Labute approximate surface area is 268 Å².